The molecule has 38 heavy (non-hydrogen) atoms. The molecule has 1 aliphatic heterocycles. The number of aliphatic hydroxyl groups is 1. The SMILES string of the molecule is C=CC(C)CCCC(C)(C)CCC(=C)C(C)C(C#N)CCCC.CC.CCN(C)C1CC(C)OC(C)C1O. The van der Waals surface area contributed by atoms with E-state index in [4.69, 9.17) is 4.74 Å². The molecule has 0 aliphatic carbocycles. The highest BCUT2D eigenvalue weighted by molar-refractivity contribution is 5.06. The van der Waals surface area contributed by atoms with Crippen LogP contribution in [0.15, 0.2) is 24.8 Å². The van der Waals surface area contributed by atoms with Gasteiger partial charge in [-0.15, -0.1) is 6.58 Å². The summed E-state index contributed by atoms with van der Waals surface area (Å²) in [4.78, 5) is 2.19. The van der Waals surface area contributed by atoms with E-state index in [0.29, 0.717) is 17.3 Å². The maximum absolute atomic E-state index is 9.89. The number of unbranched alkanes of at least 4 members (excludes halogenated alkanes) is 1. The van der Waals surface area contributed by atoms with Gasteiger partial charge in [-0.25, -0.2) is 0 Å². The largest absolute Gasteiger partial charge is 0.389 e. The molecule has 0 aromatic carbocycles. The monoisotopic (exact) mass is 535 g/mol. The molecule has 0 aromatic heterocycles. The fourth-order valence-corrected chi connectivity index (χ4v) is 4.98. The fourth-order valence-electron chi connectivity index (χ4n) is 4.98. The van der Waals surface area contributed by atoms with Crippen molar-refractivity contribution in [2.75, 3.05) is 13.6 Å². The maximum atomic E-state index is 9.89. The van der Waals surface area contributed by atoms with Crippen molar-refractivity contribution in [3.8, 4) is 6.07 Å². The highest BCUT2D eigenvalue weighted by Gasteiger charge is 2.35. The molecule has 1 rings (SSSR count). The first-order valence-electron chi connectivity index (χ1n) is 15.6. The van der Waals surface area contributed by atoms with Crippen LogP contribution in [0.4, 0.5) is 0 Å². The summed E-state index contributed by atoms with van der Waals surface area (Å²) in [6, 6.07) is 2.75. The smallest absolute Gasteiger partial charge is 0.0954 e. The van der Waals surface area contributed by atoms with Crippen LogP contribution in [0.5, 0.6) is 0 Å². The second-order valence-electron chi connectivity index (χ2n) is 12.1. The average molecular weight is 535 g/mol. The van der Waals surface area contributed by atoms with Gasteiger partial charge in [-0.2, -0.15) is 5.26 Å². The van der Waals surface area contributed by atoms with Crippen LogP contribution in [0.3, 0.4) is 0 Å². The van der Waals surface area contributed by atoms with E-state index in [1.54, 1.807) is 0 Å². The predicted molar refractivity (Wildman–Crippen MR) is 167 cm³/mol. The molecule has 1 saturated heterocycles. The lowest BCUT2D eigenvalue weighted by Gasteiger charge is -2.41. The summed E-state index contributed by atoms with van der Waals surface area (Å²) in [5, 5.41) is 19.3. The maximum Gasteiger partial charge on any atom is 0.0954 e. The van der Waals surface area contributed by atoms with Crippen LogP contribution in [-0.4, -0.2) is 48.0 Å². The normalized spacial score (nSPS) is 23.6. The number of hydrogen-bond acceptors (Lipinski definition) is 4. The molecule has 4 nitrogen and oxygen atoms in total. The third-order valence-corrected chi connectivity index (χ3v) is 8.28. The Balaban J connectivity index is 0. The zero-order valence-corrected chi connectivity index (χ0v) is 27.4. The van der Waals surface area contributed by atoms with Crippen molar-refractivity contribution >= 4 is 0 Å². The van der Waals surface area contributed by atoms with E-state index in [0.717, 1.165) is 38.6 Å². The zero-order chi connectivity index (χ0) is 29.9. The van der Waals surface area contributed by atoms with Gasteiger partial charge in [0, 0.05) is 6.04 Å². The minimum absolute atomic E-state index is 0.0391. The van der Waals surface area contributed by atoms with Crippen molar-refractivity contribution in [1.29, 1.82) is 5.26 Å². The standard InChI is InChI=1S/C22H39N.C10H21NO2.C2H6/c1-8-10-13-21(17-23)20(5)19(4)14-16-22(6,7)15-11-12-18(3)9-2;1-5-11(4)9-6-7(2)13-8(3)10(9)12;1-2/h9,18,20-21H,2,4,8,10-16H2,1,3,5-7H3;7-10,12H,5-6H2,1-4H3;1-2H3. The van der Waals surface area contributed by atoms with Gasteiger partial charge in [-0.3, -0.25) is 0 Å². The molecular weight excluding hydrogens is 468 g/mol. The van der Waals surface area contributed by atoms with E-state index in [-0.39, 0.29) is 30.3 Å². The van der Waals surface area contributed by atoms with Gasteiger partial charge in [-0.05, 0) is 83.2 Å². The zero-order valence-electron chi connectivity index (χ0n) is 27.4. The molecule has 224 valence electrons. The van der Waals surface area contributed by atoms with Crippen LogP contribution < -0.4 is 0 Å². The Kier molecular flexibility index (Phi) is 22.2. The summed E-state index contributed by atoms with van der Waals surface area (Å²) >= 11 is 0. The van der Waals surface area contributed by atoms with Gasteiger partial charge in [0.05, 0.1) is 30.3 Å². The van der Waals surface area contributed by atoms with Gasteiger partial charge in [-0.1, -0.05) is 92.9 Å². The molecule has 0 spiro atoms. The number of nitrogens with zero attached hydrogens (tertiary/aromatic N) is 2. The lowest BCUT2D eigenvalue weighted by atomic mass is 9.77. The van der Waals surface area contributed by atoms with Gasteiger partial charge in [0.2, 0.25) is 0 Å². The van der Waals surface area contributed by atoms with E-state index in [1.807, 2.05) is 20.8 Å². The number of allylic oxidation sites excluding steroid dienone is 2. The Morgan fingerprint density at radius 1 is 1.16 bits per heavy atom. The minimum atomic E-state index is -0.346. The first kappa shape index (κ1) is 39.0. The van der Waals surface area contributed by atoms with Crippen LogP contribution in [-0.2, 0) is 4.74 Å². The molecule has 7 atom stereocenters. The van der Waals surface area contributed by atoms with Crippen LogP contribution in [0.2, 0.25) is 0 Å². The van der Waals surface area contributed by atoms with E-state index < -0.39 is 0 Å². The summed E-state index contributed by atoms with van der Waals surface area (Å²) < 4.78 is 5.55. The molecule has 0 bridgehead atoms. The van der Waals surface area contributed by atoms with Crippen molar-refractivity contribution in [1.82, 2.24) is 4.90 Å². The molecule has 0 amide bonds. The second kappa shape index (κ2) is 21.6. The third-order valence-electron chi connectivity index (χ3n) is 8.28. The number of aliphatic hydroxyl groups excluding tert-OH is 1. The van der Waals surface area contributed by atoms with Crippen molar-refractivity contribution in [3.63, 3.8) is 0 Å². The molecule has 4 heteroatoms. The lowest BCUT2D eigenvalue weighted by molar-refractivity contribution is -0.136. The number of nitriles is 1. The summed E-state index contributed by atoms with van der Waals surface area (Å²) in [7, 11) is 2.05. The highest BCUT2D eigenvalue weighted by atomic mass is 16.5. The number of likely N-dealkylation sites (N-methyl/N-ethyl adjacent to an activating group) is 1. The molecule has 0 radical (unpaired) electrons. The Morgan fingerprint density at radius 3 is 2.26 bits per heavy atom. The quantitative estimate of drug-likeness (QED) is 0.213. The van der Waals surface area contributed by atoms with E-state index in [9.17, 15) is 10.4 Å². The van der Waals surface area contributed by atoms with E-state index in [2.05, 4.69) is 85.7 Å². The lowest BCUT2D eigenvalue weighted by Crippen LogP contribution is -2.53. The van der Waals surface area contributed by atoms with Gasteiger partial charge in [0.25, 0.3) is 0 Å². The first-order chi connectivity index (χ1) is 17.8. The van der Waals surface area contributed by atoms with Crippen molar-refractivity contribution in [3.05, 3.63) is 24.8 Å². The van der Waals surface area contributed by atoms with Crippen molar-refractivity contribution in [2.24, 2.45) is 23.2 Å². The topological polar surface area (TPSA) is 56.5 Å². The molecular formula is C34H66N2O2. The van der Waals surface area contributed by atoms with Crippen LogP contribution in [0.1, 0.15) is 127 Å². The Bertz CT molecular complexity index is 653. The first-order valence-corrected chi connectivity index (χ1v) is 15.6. The summed E-state index contributed by atoms with van der Waals surface area (Å²) in [6.07, 6.45) is 12.1. The van der Waals surface area contributed by atoms with Gasteiger partial charge in [0.15, 0.2) is 0 Å². The molecule has 0 aromatic rings. The third kappa shape index (κ3) is 16.1. The molecule has 1 heterocycles. The van der Waals surface area contributed by atoms with Crippen LogP contribution >= 0.6 is 0 Å². The van der Waals surface area contributed by atoms with Gasteiger partial charge >= 0.3 is 0 Å². The fraction of sp³-hybridized carbons (Fsp3) is 0.853. The summed E-state index contributed by atoms with van der Waals surface area (Å²) in [6.45, 7) is 30.6. The Hall–Kier alpha value is -1.15. The number of hydrogen-bond donors (Lipinski definition) is 1. The molecule has 1 N–H and O–H groups in total. The second-order valence-corrected chi connectivity index (χ2v) is 12.1. The van der Waals surface area contributed by atoms with Gasteiger partial charge < -0.3 is 14.7 Å². The Labute approximate surface area is 238 Å². The van der Waals surface area contributed by atoms with Crippen LogP contribution in [0, 0.1) is 34.5 Å². The molecule has 0 saturated carbocycles. The summed E-state index contributed by atoms with van der Waals surface area (Å²) in [5.74, 6) is 1.08. The van der Waals surface area contributed by atoms with Crippen molar-refractivity contribution in [2.45, 2.75) is 151 Å². The molecule has 1 fully saturated rings. The van der Waals surface area contributed by atoms with Gasteiger partial charge in [0.1, 0.15) is 0 Å². The summed E-state index contributed by atoms with van der Waals surface area (Å²) in [5.41, 5.74) is 1.62. The molecule has 7 unspecified atom stereocenters. The average Bonchev–Trinajstić information content (AvgIpc) is 2.90. The highest BCUT2D eigenvalue weighted by Crippen LogP contribution is 2.34. The van der Waals surface area contributed by atoms with E-state index in [1.165, 1.54) is 31.3 Å². The Morgan fingerprint density at radius 2 is 1.76 bits per heavy atom. The number of ether oxygens (including phenoxy) is 1. The van der Waals surface area contributed by atoms with E-state index >= 15 is 0 Å². The van der Waals surface area contributed by atoms with Crippen LogP contribution in [0.25, 0.3) is 0 Å². The minimum Gasteiger partial charge on any atom is -0.389 e. The van der Waals surface area contributed by atoms with Crippen molar-refractivity contribution < 1.29 is 9.84 Å². The number of rotatable bonds is 15. The predicted octanol–water partition coefficient (Wildman–Crippen LogP) is 9.20. The molecule has 1 aliphatic rings.